The molecule has 1 N–H and O–H groups in total. The highest BCUT2D eigenvalue weighted by Crippen LogP contribution is 2.26. The normalized spacial score (nSPS) is 10.5. The van der Waals surface area contributed by atoms with Gasteiger partial charge in [-0.15, -0.1) is 0 Å². The Bertz CT molecular complexity index is 516. The molecular weight excluding hydrogens is 298 g/mol. The van der Waals surface area contributed by atoms with Crippen molar-refractivity contribution in [2.24, 2.45) is 0 Å². The molecule has 6 nitrogen and oxygen atoms in total. The molecule has 0 saturated carbocycles. The molecule has 1 rings (SSSR count). The fraction of sp³-hybridized carbons (Fsp3) is 0.588. The first kappa shape index (κ1) is 18.9. The predicted molar refractivity (Wildman–Crippen MR) is 87.7 cm³/mol. The number of rotatable bonds is 11. The Morgan fingerprint density at radius 2 is 1.74 bits per heavy atom. The molecule has 0 amide bonds. The van der Waals surface area contributed by atoms with E-state index in [1.807, 2.05) is 0 Å². The predicted octanol–water partition coefficient (Wildman–Crippen LogP) is 4.60. The number of ether oxygens (including phenoxy) is 1. The number of nitrogens with zero attached hydrogens (tertiary/aromatic N) is 1. The summed E-state index contributed by atoms with van der Waals surface area (Å²) in [4.78, 5) is 21.7. The minimum Gasteiger partial charge on any atom is -0.502 e. The number of aromatic hydroxyl groups is 1. The number of carbonyl (C=O) groups is 1. The molecule has 0 aliphatic heterocycles. The molecule has 0 heterocycles. The van der Waals surface area contributed by atoms with E-state index in [1.54, 1.807) is 0 Å². The highest BCUT2D eigenvalue weighted by molar-refractivity contribution is 5.90. The first-order valence-corrected chi connectivity index (χ1v) is 8.20. The van der Waals surface area contributed by atoms with Crippen LogP contribution in [0.3, 0.4) is 0 Å². The van der Waals surface area contributed by atoms with Crippen molar-refractivity contribution in [2.45, 2.75) is 58.3 Å². The number of unbranched alkanes of at least 4 members (excludes halogenated alkanes) is 7. The van der Waals surface area contributed by atoms with Crippen molar-refractivity contribution in [1.82, 2.24) is 0 Å². The maximum Gasteiger partial charge on any atom is 0.338 e. The van der Waals surface area contributed by atoms with E-state index in [0.29, 0.717) is 6.61 Å². The Hall–Kier alpha value is -2.11. The van der Waals surface area contributed by atoms with Gasteiger partial charge in [-0.25, -0.2) is 4.79 Å². The van der Waals surface area contributed by atoms with Crippen molar-refractivity contribution in [3.8, 4) is 5.75 Å². The molecule has 0 aliphatic rings. The minimum absolute atomic E-state index is 0.118. The Labute approximate surface area is 136 Å². The van der Waals surface area contributed by atoms with Crippen LogP contribution in [0.25, 0.3) is 0 Å². The lowest BCUT2D eigenvalue weighted by molar-refractivity contribution is -0.385. The van der Waals surface area contributed by atoms with Crippen molar-refractivity contribution in [1.29, 1.82) is 0 Å². The molecule has 23 heavy (non-hydrogen) atoms. The third kappa shape index (κ3) is 7.13. The fourth-order valence-electron chi connectivity index (χ4n) is 2.29. The molecule has 0 aromatic heterocycles. The van der Waals surface area contributed by atoms with Gasteiger partial charge in [0, 0.05) is 12.1 Å². The number of benzene rings is 1. The van der Waals surface area contributed by atoms with Gasteiger partial charge in [-0.1, -0.05) is 51.9 Å². The van der Waals surface area contributed by atoms with E-state index >= 15 is 0 Å². The molecule has 0 bridgehead atoms. The van der Waals surface area contributed by atoms with Gasteiger partial charge >= 0.3 is 11.7 Å². The summed E-state index contributed by atoms with van der Waals surface area (Å²) >= 11 is 0. The average Bonchev–Trinajstić information content (AvgIpc) is 2.52. The number of carbonyl (C=O) groups excluding carboxylic acids is 1. The van der Waals surface area contributed by atoms with Crippen molar-refractivity contribution in [2.75, 3.05) is 6.61 Å². The molecule has 1 aromatic carbocycles. The molecule has 128 valence electrons. The number of phenols is 1. The molecule has 0 radical (unpaired) electrons. The van der Waals surface area contributed by atoms with Gasteiger partial charge in [0.1, 0.15) is 0 Å². The van der Waals surface area contributed by atoms with Crippen LogP contribution in [-0.4, -0.2) is 22.6 Å². The van der Waals surface area contributed by atoms with Gasteiger partial charge in [0.05, 0.1) is 17.1 Å². The van der Waals surface area contributed by atoms with Gasteiger partial charge in [-0.05, 0) is 12.5 Å². The van der Waals surface area contributed by atoms with Crippen LogP contribution in [-0.2, 0) is 4.74 Å². The third-order valence-corrected chi connectivity index (χ3v) is 3.64. The number of nitro groups is 1. The van der Waals surface area contributed by atoms with E-state index in [1.165, 1.54) is 38.2 Å². The summed E-state index contributed by atoms with van der Waals surface area (Å²) < 4.78 is 5.11. The highest BCUT2D eigenvalue weighted by Gasteiger charge is 2.16. The molecule has 0 fully saturated rings. The van der Waals surface area contributed by atoms with Gasteiger partial charge in [0.2, 0.25) is 0 Å². The lowest BCUT2D eigenvalue weighted by Crippen LogP contribution is -2.06. The van der Waals surface area contributed by atoms with E-state index in [0.717, 1.165) is 31.4 Å². The van der Waals surface area contributed by atoms with Crippen molar-refractivity contribution >= 4 is 11.7 Å². The van der Waals surface area contributed by atoms with Crippen molar-refractivity contribution < 1.29 is 19.6 Å². The average molecular weight is 323 g/mol. The molecule has 0 aliphatic carbocycles. The second-order valence-electron chi connectivity index (χ2n) is 5.57. The zero-order chi connectivity index (χ0) is 17.1. The molecule has 6 heteroatoms. The van der Waals surface area contributed by atoms with Crippen molar-refractivity contribution in [3.05, 3.63) is 33.9 Å². The summed E-state index contributed by atoms with van der Waals surface area (Å²) in [6.45, 7) is 2.52. The second-order valence-corrected chi connectivity index (χ2v) is 5.57. The van der Waals surface area contributed by atoms with E-state index in [-0.39, 0.29) is 5.56 Å². The van der Waals surface area contributed by atoms with Gasteiger partial charge in [0.25, 0.3) is 0 Å². The fourth-order valence-corrected chi connectivity index (χ4v) is 2.29. The highest BCUT2D eigenvalue weighted by atomic mass is 16.6. The first-order valence-electron chi connectivity index (χ1n) is 8.20. The van der Waals surface area contributed by atoms with E-state index in [2.05, 4.69) is 6.92 Å². The summed E-state index contributed by atoms with van der Waals surface area (Å²) in [5.74, 6) is -1.10. The Morgan fingerprint density at radius 3 is 2.30 bits per heavy atom. The standard InChI is InChI=1S/C17H25NO5/c1-2-3-4-5-6-7-8-9-12-23-17(20)14-10-11-15(18(21)22)16(19)13-14/h10-11,13,19H,2-9,12H2,1H3. The Morgan fingerprint density at radius 1 is 1.13 bits per heavy atom. The zero-order valence-electron chi connectivity index (χ0n) is 13.6. The molecule has 0 saturated heterocycles. The lowest BCUT2D eigenvalue weighted by Gasteiger charge is -2.05. The summed E-state index contributed by atoms with van der Waals surface area (Å²) in [5.41, 5.74) is -0.308. The maximum atomic E-state index is 11.8. The van der Waals surface area contributed by atoms with Crippen LogP contribution in [0, 0.1) is 10.1 Å². The smallest absolute Gasteiger partial charge is 0.338 e. The monoisotopic (exact) mass is 323 g/mol. The Kier molecular flexibility index (Phi) is 8.72. The van der Waals surface area contributed by atoms with Crippen molar-refractivity contribution in [3.63, 3.8) is 0 Å². The Balaban J connectivity index is 2.22. The third-order valence-electron chi connectivity index (χ3n) is 3.64. The molecule has 0 unspecified atom stereocenters. The molecule has 1 aromatic rings. The summed E-state index contributed by atoms with van der Waals surface area (Å²) in [6.07, 6.45) is 9.26. The number of nitro benzene ring substituents is 1. The van der Waals surface area contributed by atoms with Crippen LogP contribution in [0.5, 0.6) is 5.75 Å². The van der Waals surface area contributed by atoms with E-state index < -0.39 is 22.3 Å². The van der Waals surface area contributed by atoms with Crippen LogP contribution in [0.2, 0.25) is 0 Å². The SMILES string of the molecule is CCCCCCCCCCOC(=O)c1ccc([N+](=O)[O-])c(O)c1. The lowest BCUT2D eigenvalue weighted by atomic mass is 10.1. The largest absolute Gasteiger partial charge is 0.502 e. The van der Waals surface area contributed by atoms with Crippen LogP contribution in [0.1, 0.15) is 68.6 Å². The molecule has 0 atom stereocenters. The van der Waals surface area contributed by atoms with Crippen LogP contribution in [0.4, 0.5) is 5.69 Å². The zero-order valence-corrected chi connectivity index (χ0v) is 13.6. The second kappa shape index (κ2) is 10.6. The van der Waals surface area contributed by atoms with E-state index in [9.17, 15) is 20.0 Å². The quantitative estimate of drug-likeness (QED) is 0.278. The van der Waals surface area contributed by atoms with Gasteiger partial charge in [-0.3, -0.25) is 10.1 Å². The van der Waals surface area contributed by atoms with Gasteiger partial charge in [0.15, 0.2) is 5.75 Å². The topological polar surface area (TPSA) is 89.7 Å². The molecule has 0 spiro atoms. The van der Waals surface area contributed by atoms with Gasteiger partial charge in [-0.2, -0.15) is 0 Å². The number of hydrogen-bond donors (Lipinski definition) is 1. The summed E-state index contributed by atoms with van der Waals surface area (Å²) in [5, 5.41) is 20.1. The maximum absolute atomic E-state index is 11.8. The summed E-state index contributed by atoms with van der Waals surface area (Å²) in [6, 6.07) is 3.45. The molecular formula is C17H25NO5. The summed E-state index contributed by atoms with van der Waals surface area (Å²) in [7, 11) is 0. The van der Waals surface area contributed by atoms with Crippen LogP contribution >= 0.6 is 0 Å². The number of phenolic OH excluding ortho intramolecular Hbond substituents is 1. The van der Waals surface area contributed by atoms with Gasteiger partial charge < -0.3 is 9.84 Å². The van der Waals surface area contributed by atoms with Crippen LogP contribution < -0.4 is 0 Å². The number of esters is 1. The first-order chi connectivity index (χ1) is 11.1. The number of hydrogen-bond acceptors (Lipinski definition) is 5. The minimum atomic E-state index is -0.703. The van der Waals surface area contributed by atoms with E-state index in [4.69, 9.17) is 4.74 Å². The van der Waals surface area contributed by atoms with Crippen LogP contribution in [0.15, 0.2) is 18.2 Å².